The van der Waals surface area contributed by atoms with E-state index in [1.165, 1.54) is 31.2 Å². The highest BCUT2D eigenvalue weighted by molar-refractivity contribution is 5.33. The van der Waals surface area contributed by atoms with Crippen LogP contribution in [0.25, 0.3) is 0 Å². The van der Waals surface area contributed by atoms with Crippen molar-refractivity contribution in [3.05, 3.63) is 29.8 Å². The molecular formula is C17H23NO. The van der Waals surface area contributed by atoms with Gasteiger partial charge >= 0.3 is 0 Å². The van der Waals surface area contributed by atoms with Crippen molar-refractivity contribution in [2.45, 2.75) is 45.2 Å². The van der Waals surface area contributed by atoms with Crippen LogP contribution in [0, 0.1) is 18.3 Å². The van der Waals surface area contributed by atoms with Gasteiger partial charge in [-0.3, -0.25) is 0 Å². The molecule has 0 radical (unpaired) electrons. The van der Waals surface area contributed by atoms with Crippen LogP contribution in [0.1, 0.15) is 38.2 Å². The fourth-order valence-electron chi connectivity index (χ4n) is 2.81. The number of ether oxygens (including phenoxy) is 1. The molecule has 0 unspecified atom stereocenters. The molecule has 0 bridgehead atoms. The first-order valence-electron chi connectivity index (χ1n) is 7.19. The van der Waals surface area contributed by atoms with E-state index in [-0.39, 0.29) is 0 Å². The smallest absolute Gasteiger partial charge is 0.148 e. The van der Waals surface area contributed by atoms with Gasteiger partial charge in [0.25, 0.3) is 0 Å². The zero-order valence-electron chi connectivity index (χ0n) is 11.7. The van der Waals surface area contributed by atoms with Crippen LogP contribution in [0.3, 0.4) is 0 Å². The molecule has 1 aliphatic carbocycles. The Morgan fingerprint density at radius 2 is 2.11 bits per heavy atom. The van der Waals surface area contributed by atoms with Crippen molar-refractivity contribution in [1.82, 2.24) is 5.32 Å². The van der Waals surface area contributed by atoms with Gasteiger partial charge in [-0.15, -0.1) is 6.42 Å². The van der Waals surface area contributed by atoms with Crippen LogP contribution >= 0.6 is 0 Å². The monoisotopic (exact) mass is 257 g/mol. The third kappa shape index (κ3) is 4.01. The van der Waals surface area contributed by atoms with Crippen molar-refractivity contribution in [3.63, 3.8) is 0 Å². The Labute approximate surface area is 116 Å². The van der Waals surface area contributed by atoms with Crippen molar-refractivity contribution < 1.29 is 4.74 Å². The van der Waals surface area contributed by atoms with Crippen molar-refractivity contribution in [3.8, 4) is 18.1 Å². The molecule has 0 saturated heterocycles. The van der Waals surface area contributed by atoms with Crippen LogP contribution in [0.4, 0.5) is 0 Å². The Bertz CT molecular complexity index is 429. The number of nitrogens with one attached hydrogen (secondary N) is 1. The number of hydrogen-bond donors (Lipinski definition) is 1. The first kappa shape index (κ1) is 14.0. The number of hydrogen-bond acceptors (Lipinski definition) is 2. The van der Waals surface area contributed by atoms with Crippen LogP contribution in [0.5, 0.6) is 5.75 Å². The lowest BCUT2D eigenvalue weighted by Gasteiger charge is -2.21. The Morgan fingerprint density at radius 1 is 1.37 bits per heavy atom. The molecule has 2 nitrogen and oxygen atoms in total. The van der Waals surface area contributed by atoms with Gasteiger partial charge in [0.2, 0.25) is 0 Å². The maximum atomic E-state index is 5.57. The second-order valence-electron chi connectivity index (χ2n) is 5.31. The van der Waals surface area contributed by atoms with Gasteiger partial charge in [-0.2, -0.15) is 0 Å². The third-order valence-corrected chi connectivity index (χ3v) is 4.01. The normalized spacial score (nSPS) is 17.1. The van der Waals surface area contributed by atoms with Gasteiger partial charge in [-0.25, -0.2) is 0 Å². The van der Waals surface area contributed by atoms with E-state index in [4.69, 9.17) is 11.2 Å². The van der Waals surface area contributed by atoms with E-state index in [0.717, 1.165) is 18.2 Å². The molecule has 1 atom stereocenters. The molecular weight excluding hydrogens is 234 g/mol. The minimum absolute atomic E-state index is 0.329. The summed E-state index contributed by atoms with van der Waals surface area (Å²) >= 11 is 0. The molecule has 0 heterocycles. The van der Waals surface area contributed by atoms with Gasteiger partial charge in [0.05, 0.1) is 0 Å². The van der Waals surface area contributed by atoms with Crippen LogP contribution in [-0.2, 0) is 6.54 Å². The Kier molecular flexibility index (Phi) is 5.30. The molecule has 2 rings (SSSR count). The zero-order chi connectivity index (χ0) is 13.5. The van der Waals surface area contributed by atoms with E-state index in [1.54, 1.807) is 0 Å². The minimum atomic E-state index is 0.329. The molecule has 0 aromatic heterocycles. The van der Waals surface area contributed by atoms with Gasteiger partial charge in [0.1, 0.15) is 12.4 Å². The number of para-hydroxylation sites is 1. The summed E-state index contributed by atoms with van der Waals surface area (Å²) in [5.74, 6) is 4.24. The summed E-state index contributed by atoms with van der Waals surface area (Å²) in [4.78, 5) is 0. The summed E-state index contributed by atoms with van der Waals surface area (Å²) in [6.07, 6.45) is 10.7. The quantitative estimate of drug-likeness (QED) is 0.789. The topological polar surface area (TPSA) is 21.3 Å². The van der Waals surface area contributed by atoms with Gasteiger partial charge < -0.3 is 10.1 Å². The Balaban J connectivity index is 1.89. The molecule has 0 spiro atoms. The summed E-state index contributed by atoms with van der Waals surface area (Å²) in [7, 11) is 0. The molecule has 1 aromatic rings. The maximum absolute atomic E-state index is 5.57. The van der Waals surface area contributed by atoms with Crippen molar-refractivity contribution in [1.29, 1.82) is 0 Å². The van der Waals surface area contributed by atoms with E-state index in [0.29, 0.717) is 12.6 Å². The number of terminal acetylenes is 1. The molecule has 0 amide bonds. The molecule has 1 fully saturated rings. The number of benzene rings is 1. The van der Waals surface area contributed by atoms with Gasteiger partial charge in [0.15, 0.2) is 0 Å². The molecule has 1 saturated carbocycles. The maximum Gasteiger partial charge on any atom is 0.148 e. The molecule has 102 valence electrons. The molecule has 1 N–H and O–H groups in total. The summed E-state index contributed by atoms with van der Waals surface area (Å²) in [5, 5.41) is 3.63. The third-order valence-electron chi connectivity index (χ3n) is 4.01. The average molecular weight is 257 g/mol. The van der Waals surface area contributed by atoms with Crippen LogP contribution in [0.2, 0.25) is 0 Å². The average Bonchev–Trinajstić information content (AvgIpc) is 2.97. The highest BCUT2D eigenvalue weighted by Crippen LogP contribution is 2.28. The largest absolute Gasteiger partial charge is 0.481 e. The highest BCUT2D eigenvalue weighted by atomic mass is 16.5. The summed E-state index contributed by atoms with van der Waals surface area (Å²) in [5.41, 5.74) is 1.18. The Morgan fingerprint density at radius 3 is 2.84 bits per heavy atom. The minimum Gasteiger partial charge on any atom is -0.481 e. The second-order valence-corrected chi connectivity index (χ2v) is 5.31. The summed E-state index contributed by atoms with van der Waals surface area (Å²) in [6.45, 7) is 3.47. The summed E-state index contributed by atoms with van der Waals surface area (Å²) < 4.78 is 5.57. The fraction of sp³-hybridized carbons (Fsp3) is 0.529. The summed E-state index contributed by atoms with van der Waals surface area (Å²) in [6, 6.07) is 8.67. The van der Waals surface area contributed by atoms with Crippen LogP contribution in [-0.4, -0.2) is 12.6 Å². The van der Waals surface area contributed by atoms with E-state index in [9.17, 15) is 0 Å². The van der Waals surface area contributed by atoms with E-state index >= 15 is 0 Å². The first-order chi connectivity index (χ1) is 9.31. The lowest BCUT2D eigenvalue weighted by Crippen LogP contribution is -2.31. The fourth-order valence-corrected chi connectivity index (χ4v) is 2.81. The highest BCUT2D eigenvalue weighted by Gasteiger charge is 2.21. The SMILES string of the molecule is C#CCOc1ccccc1CN[C@H](C)C1CCCC1. The first-order valence-corrected chi connectivity index (χ1v) is 7.19. The van der Waals surface area contributed by atoms with Crippen LogP contribution < -0.4 is 10.1 Å². The van der Waals surface area contributed by atoms with Crippen molar-refractivity contribution in [2.24, 2.45) is 5.92 Å². The van der Waals surface area contributed by atoms with Crippen molar-refractivity contribution >= 4 is 0 Å². The van der Waals surface area contributed by atoms with Gasteiger partial charge in [0, 0.05) is 18.2 Å². The van der Waals surface area contributed by atoms with Gasteiger partial charge in [-0.05, 0) is 31.7 Å². The van der Waals surface area contributed by atoms with E-state index < -0.39 is 0 Å². The predicted molar refractivity (Wildman–Crippen MR) is 79.0 cm³/mol. The predicted octanol–water partition coefficient (Wildman–Crippen LogP) is 3.37. The van der Waals surface area contributed by atoms with Crippen molar-refractivity contribution in [2.75, 3.05) is 6.61 Å². The second kappa shape index (κ2) is 7.21. The molecule has 1 aromatic carbocycles. The standard InChI is InChI=1S/C17H23NO/c1-3-12-19-17-11-7-6-10-16(17)13-18-14(2)15-8-4-5-9-15/h1,6-7,10-11,14-15,18H,4-5,8-9,12-13H2,2H3/t14-/m1/s1. The van der Waals surface area contributed by atoms with E-state index in [2.05, 4.69) is 24.2 Å². The van der Waals surface area contributed by atoms with E-state index in [1.807, 2.05) is 18.2 Å². The lowest BCUT2D eigenvalue weighted by molar-refractivity contribution is 0.354. The molecule has 1 aliphatic rings. The molecule has 19 heavy (non-hydrogen) atoms. The molecule has 0 aliphatic heterocycles. The van der Waals surface area contributed by atoms with Gasteiger partial charge in [-0.1, -0.05) is 37.0 Å². The number of rotatable bonds is 6. The Hall–Kier alpha value is -1.46. The van der Waals surface area contributed by atoms with Crippen LogP contribution in [0.15, 0.2) is 24.3 Å². The zero-order valence-corrected chi connectivity index (χ0v) is 11.7. The lowest BCUT2D eigenvalue weighted by atomic mass is 9.99. The molecule has 2 heteroatoms.